The molecule has 0 radical (unpaired) electrons. The van der Waals surface area contributed by atoms with Gasteiger partial charge in [-0.3, -0.25) is 0 Å². The third kappa shape index (κ3) is 0.859. The van der Waals surface area contributed by atoms with E-state index in [1.165, 1.54) is 25.7 Å². The van der Waals surface area contributed by atoms with Gasteiger partial charge < -0.3 is 10.5 Å². The second-order valence-corrected chi connectivity index (χ2v) is 3.97. The van der Waals surface area contributed by atoms with Crippen LogP contribution in [0.1, 0.15) is 25.7 Å². The minimum atomic E-state index is 0.0845. The van der Waals surface area contributed by atoms with Gasteiger partial charge in [-0.1, -0.05) is 6.42 Å². The minimum Gasteiger partial charge on any atom is -0.377 e. The lowest BCUT2D eigenvalue weighted by Gasteiger charge is -2.51. The van der Waals surface area contributed by atoms with Gasteiger partial charge in [0.05, 0.1) is 5.60 Å². The van der Waals surface area contributed by atoms with Gasteiger partial charge in [-0.15, -0.1) is 0 Å². The second-order valence-electron chi connectivity index (χ2n) is 3.97. The molecule has 64 valence electrons. The van der Waals surface area contributed by atoms with Gasteiger partial charge in [-0.05, 0) is 31.1 Å². The van der Waals surface area contributed by atoms with Crippen LogP contribution < -0.4 is 5.73 Å². The molecule has 0 aliphatic heterocycles. The Hall–Kier alpha value is -0.0800. The molecule has 0 aromatic rings. The Morgan fingerprint density at radius 1 is 1.55 bits per heavy atom. The Bertz CT molecular complexity index is 154. The maximum Gasteiger partial charge on any atom is 0.0833 e. The highest BCUT2D eigenvalue weighted by atomic mass is 16.5. The molecule has 0 saturated heterocycles. The molecule has 0 heterocycles. The molecule has 2 N–H and O–H groups in total. The standard InChI is InChI=1S/C9H17NO/c1-11-9(6-10)5-7-3-2-4-8(7)9/h7-8H,2-6,10H2,1H3/t7-,8-,9?/m1/s1. The van der Waals surface area contributed by atoms with Crippen LogP contribution in [0.4, 0.5) is 0 Å². The molecule has 0 bridgehead atoms. The number of nitrogens with two attached hydrogens (primary N) is 1. The van der Waals surface area contributed by atoms with E-state index in [0.29, 0.717) is 6.54 Å². The van der Waals surface area contributed by atoms with Crippen molar-refractivity contribution in [3.05, 3.63) is 0 Å². The molecule has 0 amide bonds. The Morgan fingerprint density at radius 2 is 2.36 bits per heavy atom. The second kappa shape index (κ2) is 2.46. The van der Waals surface area contributed by atoms with Crippen LogP contribution in [0.3, 0.4) is 0 Å². The van der Waals surface area contributed by atoms with Gasteiger partial charge in [0.25, 0.3) is 0 Å². The molecule has 0 aromatic heterocycles. The van der Waals surface area contributed by atoms with Crippen molar-refractivity contribution in [3.8, 4) is 0 Å². The third-order valence-electron chi connectivity index (χ3n) is 3.69. The van der Waals surface area contributed by atoms with E-state index in [1.807, 2.05) is 0 Å². The molecule has 2 heteroatoms. The smallest absolute Gasteiger partial charge is 0.0833 e. The molecule has 1 unspecified atom stereocenters. The number of hydrogen-bond acceptors (Lipinski definition) is 2. The van der Waals surface area contributed by atoms with E-state index in [1.54, 1.807) is 7.11 Å². The summed E-state index contributed by atoms with van der Waals surface area (Å²) in [6, 6.07) is 0. The van der Waals surface area contributed by atoms with Crippen molar-refractivity contribution in [3.63, 3.8) is 0 Å². The molecular weight excluding hydrogens is 138 g/mol. The fourth-order valence-corrected chi connectivity index (χ4v) is 2.96. The lowest BCUT2D eigenvalue weighted by atomic mass is 9.63. The quantitative estimate of drug-likeness (QED) is 0.649. The predicted octanol–water partition coefficient (Wildman–Crippen LogP) is 1.15. The van der Waals surface area contributed by atoms with Gasteiger partial charge >= 0.3 is 0 Å². The molecular formula is C9H17NO. The van der Waals surface area contributed by atoms with Crippen LogP contribution in [0.5, 0.6) is 0 Å². The first-order valence-corrected chi connectivity index (χ1v) is 4.57. The topological polar surface area (TPSA) is 35.2 Å². The van der Waals surface area contributed by atoms with Crippen molar-refractivity contribution in [2.75, 3.05) is 13.7 Å². The van der Waals surface area contributed by atoms with E-state index < -0.39 is 0 Å². The highest BCUT2D eigenvalue weighted by molar-refractivity contribution is 5.06. The number of fused-ring (bicyclic) bond motifs is 1. The van der Waals surface area contributed by atoms with E-state index in [4.69, 9.17) is 10.5 Å². The lowest BCUT2D eigenvalue weighted by Crippen LogP contribution is -2.57. The van der Waals surface area contributed by atoms with Crippen molar-refractivity contribution in [1.82, 2.24) is 0 Å². The third-order valence-corrected chi connectivity index (χ3v) is 3.69. The lowest BCUT2D eigenvalue weighted by molar-refractivity contribution is -0.143. The van der Waals surface area contributed by atoms with Crippen LogP contribution in [0.15, 0.2) is 0 Å². The highest BCUT2D eigenvalue weighted by Gasteiger charge is 2.54. The molecule has 2 fully saturated rings. The number of ether oxygens (including phenoxy) is 1. The monoisotopic (exact) mass is 155 g/mol. The van der Waals surface area contributed by atoms with Crippen LogP contribution >= 0.6 is 0 Å². The molecule has 2 aliphatic rings. The SMILES string of the molecule is COC1(CN)C[C@H]2CCC[C@H]21. The van der Waals surface area contributed by atoms with E-state index in [9.17, 15) is 0 Å². The Kier molecular flexibility index (Phi) is 1.69. The van der Waals surface area contributed by atoms with Gasteiger partial charge in [0.1, 0.15) is 0 Å². The van der Waals surface area contributed by atoms with Crippen LogP contribution in [0.25, 0.3) is 0 Å². The fourth-order valence-electron chi connectivity index (χ4n) is 2.96. The molecule has 0 spiro atoms. The van der Waals surface area contributed by atoms with Gasteiger partial charge in [-0.2, -0.15) is 0 Å². The summed E-state index contributed by atoms with van der Waals surface area (Å²) in [5, 5.41) is 0. The maximum absolute atomic E-state index is 5.71. The van der Waals surface area contributed by atoms with Gasteiger partial charge in [0, 0.05) is 13.7 Å². The number of methoxy groups -OCH3 is 1. The van der Waals surface area contributed by atoms with E-state index in [2.05, 4.69) is 0 Å². The van der Waals surface area contributed by atoms with Gasteiger partial charge in [-0.25, -0.2) is 0 Å². The molecule has 3 atom stereocenters. The summed E-state index contributed by atoms with van der Waals surface area (Å²) in [7, 11) is 1.81. The zero-order valence-electron chi connectivity index (χ0n) is 7.18. The van der Waals surface area contributed by atoms with Crippen molar-refractivity contribution >= 4 is 0 Å². The zero-order chi connectivity index (χ0) is 7.90. The van der Waals surface area contributed by atoms with E-state index in [-0.39, 0.29) is 5.60 Å². The summed E-state index contributed by atoms with van der Waals surface area (Å²) >= 11 is 0. The summed E-state index contributed by atoms with van der Waals surface area (Å²) < 4.78 is 5.51. The highest BCUT2D eigenvalue weighted by Crippen LogP contribution is 2.54. The first-order valence-electron chi connectivity index (χ1n) is 4.57. The molecule has 2 saturated carbocycles. The zero-order valence-corrected chi connectivity index (χ0v) is 7.18. The van der Waals surface area contributed by atoms with Crippen molar-refractivity contribution in [1.29, 1.82) is 0 Å². The molecule has 2 rings (SSSR count). The van der Waals surface area contributed by atoms with Crippen molar-refractivity contribution in [2.45, 2.75) is 31.3 Å². The van der Waals surface area contributed by atoms with Crippen LogP contribution in [-0.4, -0.2) is 19.3 Å². The van der Waals surface area contributed by atoms with Gasteiger partial charge in [0.15, 0.2) is 0 Å². The largest absolute Gasteiger partial charge is 0.377 e. The summed E-state index contributed by atoms with van der Waals surface area (Å²) in [4.78, 5) is 0. The average Bonchev–Trinajstić information content (AvgIpc) is 2.37. The molecule has 2 nitrogen and oxygen atoms in total. The normalized spacial score (nSPS) is 48.5. The van der Waals surface area contributed by atoms with Crippen molar-refractivity contribution < 1.29 is 4.74 Å². The summed E-state index contributed by atoms with van der Waals surface area (Å²) in [5.41, 5.74) is 5.79. The van der Waals surface area contributed by atoms with Crippen LogP contribution in [0.2, 0.25) is 0 Å². The Morgan fingerprint density at radius 3 is 2.91 bits per heavy atom. The number of rotatable bonds is 2. The first kappa shape index (κ1) is 7.56. The van der Waals surface area contributed by atoms with E-state index >= 15 is 0 Å². The summed E-state index contributed by atoms with van der Waals surface area (Å²) in [5.74, 6) is 1.73. The molecule has 2 aliphatic carbocycles. The van der Waals surface area contributed by atoms with E-state index in [0.717, 1.165) is 11.8 Å². The first-order chi connectivity index (χ1) is 5.32. The summed E-state index contributed by atoms with van der Waals surface area (Å²) in [6.07, 6.45) is 5.36. The fraction of sp³-hybridized carbons (Fsp3) is 1.00. The predicted molar refractivity (Wildman–Crippen MR) is 44.2 cm³/mol. The molecule has 11 heavy (non-hydrogen) atoms. The molecule has 0 aromatic carbocycles. The number of hydrogen-bond donors (Lipinski definition) is 1. The maximum atomic E-state index is 5.71. The minimum absolute atomic E-state index is 0.0845. The van der Waals surface area contributed by atoms with Crippen LogP contribution in [-0.2, 0) is 4.74 Å². The Balaban J connectivity index is 2.06. The summed E-state index contributed by atoms with van der Waals surface area (Å²) in [6.45, 7) is 0.713. The van der Waals surface area contributed by atoms with Crippen LogP contribution in [0, 0.1) is 11.8 Å². The van der Waals surface area contributed by atoms with Crippen molar-refractivity contribution in [2.24, 2.45) is 17.6 Å². The Labute approximate surface area is 68.1 Å². The van der Waals surface area contributed by atoms with Gasteiger partial charge in [0.2, 0.25) is 0 Å². The average molecular weight is 155 g/mol.